The molecule has 1 aromatic heterocycles. The summed E-state index contributed by atoms with van der Waals surface area (Å²) in [5.74, 6) is 0. The number of aliphatic hydroxyl groups excluding tert-OH is 1. The molecule has 0 saturated carbocycles. The second-order valence-electron chi connectivity index (χ2n) is 3.88. The van der Waals surface area contributed by atoms with Crippen LogP contribution in [0.1, 0.15) is 5.56 Å². The van der Waals surface area contributed by atoms with Crippen LogP contribution >= 0.6 is 23.2 Å². The van der Waals surface area contributed by atoms with E-state index in [0.29, 0.717) is 5.69 Å². The third-order valence-corrected chi connectivity index (χ3v) is 4.65. The van der Waals surface area contributed by atoms with Gasteiger partial charge in [0, 0.05) is 17.4 Å². The van der Waals surface area contributed by atoms with Crippen molar-refractivity contribution in [2.75, 3.05) is 4.72 Å². The molecule has 8 heteroatoms. The van der Waals surface area contributed by atoms with Crippen molar-refractivity contribution in [3.8, 4) is 0 Å². The third kappa shape index (κ3) is 3.21. The highest BCUT2D eigenvalue weighted by Gasteiger charge is 2.21. The van der Waals surface area contributed by atoms with Gasteiger partial charge in [-0.3, -0.25) is 9.71 Å². The van der Waals surface area contributed by atoms with Crippen LogP contribution < -0.4 is 4.72 Å². The Kier molecular flexibility index (Phi) is 4.49. The lowest BCUT2D eigenvalue weighted by molar-refractivity contribution is 0.281. The van der Waals surface area contributed by atoms with Crippen molar-refractivity contribution in [2.45, 2.75) is 11.5 Å². The van der Waals surface area contributed by atoms with E-state index < -0.39 is 16.6 Å². The molecule has 0 aliphatic heterocycles. The molecule has 0 aliphatic carbocycles. The van der Waals surface area contributed by atoms with Crippen LogP contribution in [0.2, 0.25) is 10.0 Å². The lowest BCUT2D eigenvalue weighted by Crippen LogP contribution is -2.14. The Morgan fingerprint density at radius 3 is 2.45 bits per heavy atom. The van der Waals surface area contributed by atoms with Crippen LogP contribution in [0, 0.1) is 0 Å². The zero-order valence-electron chi connectivity index (χ0n) is 10.0. The van der Waals surface area contributed by atoms with Crippen molar-refractivity contribution < 1.29 is 13.5 Å². The van der Waals surface area contributed by atoms with Crippen molar-refractivity contribution in [2.24, 2.45) is 0 Å². The number of benzene rings is 1. The van der Waals surface area contributed by atoms with Gasteiger partial charge in [-0.25, -0.2) is 8.42 Å². The van der Waals surface area contributed by atoms with E-state index in [9.17, 15) is 8.42 Å². The highest BCUT2D eigenvalue weighted by molar-refractivity contribution is 7.92. The summed E-state index contributed by atoms with van der Waals surface area (Å²) in [5, 5.41) is 9.27. The lowest BCUT2D eigenvalue weighted by atomic mass is 10.2. The number of hydrogen-bond donors (Lipinski definition) is 2. The van der Waals surface area contributed by atoms with E-state index in [1.165, 1.54) is 36.7 Å². The number of hydrogen-bond acceptors (Lipinski definition) is 4. The Morgan fingerprint density at radius 1 is 1.20 bits per heavy atom. The zero-order chi connectivity index (χ0) is 14.8. The van der Waals surface area contributed by atoms with Crippen LogP contribution in [0.5, 0.6) is 0 Å². The fourth-order valence-electron chi connectivity index (χ4n) is 1.56. The van der Waals surface area contributed by atoms with Crippen LogP contribution in [0.3, 0.4) is 0 Å². The number of sulfonamides is 1. The number of aliphatic hydroxyl groups is 1. The molecule has 20 heavy (non-hydrogen) atoms. The van der Waals surface area contributed by atoms with Gasteiger partial charge in [0.2, 0.25) is 0 Å². The molecular weight excluding hydrogens is 323 g/mol. The third-order valence-electron chi connectivity index (χ3n) is 2.47. The summed E-state index contributed by atoms with van der Waals surface area (Å²) in [6.07, 6.45) is 2.91. The number of aromatic nitrogens is 1. The Morgan fingerprint density at radius 2 is 1.85 bits per heavy atom. The highest BCUT2D eigenvalue weighted by atomic mass is 35.5. The molecule has 0 spiro atoms. The first kappa shape index (κ1) is 15.1. The van der Waals surface area contributed by atoms with E-state index in [0.717, 1.165) is 0 Å². The Labute approximate surface area is 126 Å². The van der Waals surface area contributed by atoms with Gasteiger partial charge in [-0.2, -0.15) is 0 Å². The van der Waals surface area contributed by atoms with Crippen molar-refractivity contribution in [1.82, 2.24) is 4.98 Å². The summed E-state index contributed by atoms with van der Waals surface area (Å²) in [7, 11) is -3.90. The predicted molar refractivity (Wildman–Crippen MR) is 77.4 cm³/mol. The fraction of sp³-hybridized carbons (Fsp3) is 0.0833. The zero-order valence-corrected chi connectivity index (χ0v) is 12.4. The van der Waals surface area contributed by atoms with E-state index in [-0.39, 0.29) is 20.5 Å². The quantitative estimate of drug-likeness (QED) is 0.902. The molecule has 0 aliphatic rings. The average molecular weight is 333 g/mol. The van der Waals surface area contributed by atoms with E-state index >= 15 is 0 Å². The first-order valence-electron chi connectivity index (χ1n) is 5.45. The second kappa shape index (κ2) is 5.97. The molecule has 1 heterocycles. The highest BCUT2D eigenvalue weighted by Crippen LogP contribution is 2.30. The standard InChI is InChI=1S/C12H10Cl2N2O3S/c13-9-5-8(7-17)12(14)11(6-9)20(18,19)16-10-1-3-15-4-2-10/h1-6,17H,7H2,(H,15,16). The van der Waals surface area contributed by atoms with Gasteiger partial charge in [0.15, 0.2) is 0 Å². The molecule has 0 amide bonds. The van der Waals surface area contributed by atoms with Crippen LogP contribution in [-0.4, -0.2) is 18.5 Å². The molecule has 2 N–H and O–H groups in total. The van der Waals surface area contributed by atoms with Crippen molar-refractivity contribution >= 4 is 38.9 Å². The second-order valence-corrected chi connectivity index (χ2v) is 6.34. The maximum absolute atomic E-state index is 12.3. The Balaban J connectivity index is 2.47. The Hall–Kier alpha value is -1.34. The van der Waals surface area contributed by atoms with Gasteiger partial charge >= 0.3 is 0 Å². The molecule has 2 aromatic rings. The smallest absolute Gasteiger partial charge is 0.263 e. The summed E-state index contributed by atoms with van der Waals surface area (Å²) in [5.41, 5.74) is 0.593. The first-order chi connectivity index (χ1) is 9.44. The summed E-state index contributed by atoms with van der Waals surface area (Å²) < 4.78 is 26.9. The maximum atomic E-state index is 12.3. The number of anilines is 1. The molecule has 0 atom stereocenters. The van der Waals surface area contributed by atoms with Crippen molar-refractivity contribution in [3.05, 3.63) is 52.3 Å². The molecule has 2 rings (SSSR count). The summed E-state index contributed by atoms with van der Waals surface area (Å²) in [6, 6.07) is 5.65. The van der Waals surface area contributed by atoms with E-state index in [1.54, 1.807) is 0 Å². The molecule has 106 valence electrons. The molecule has 1 aromatic carbocycles. The molecule has 0 fully saturated rings. The van der Waals surface area contributed by atoms with E-state index in [2.05, 4.69) is 9.71 Å². The van der Waals surface area contributed by atoms with Crippen LogP contribution in [0.15, 0.2) is 41.6 Å². The average Bonchev–Trinajstić information content (AvgIpc) is 2.41. The minimum Gasteiger partial charge on any atom is -0.392 e. The van der Waals surface area contributed by atoms with Gasteiger partial charge in [-0.15, -0.1) is 0 Å². The minimum atomic E-state index is -3.90. The van der Waals surface area contributed by atoms with Crippen molar-refractivity contribution in [3.63, 3.8) is 0 Å². The van der Waals surface area contributed by atoms with E-state index in [4.69, 9.17) is 28.3 Å². The molecule has 0 unspecified atom stereocenters. The van der Waals surface area contributed by atoms with Crippen LogP contribution in [0.4, 0.5) is 5.69 Å². The molecule has 5 nitrogen and oxygen atoms in total. The Bertz CT molecular complexity index is 721. The predicted octanol–water partition coefficient (Wildman–Crippen LogP) is 2.68. The lowest BCUT2D eigenvalue weighted by Gasteiger charge is -2.12. The maximum Gasteiger partial charge on any atom is 0.263 e. The summed E-state index contributed by atoms with van der Waals surface area (Å²) >= 11 is 11.8. The molecule has 0 bridgehead atoms. The largest absolute Gasteiger partial charge is 0.392 e. The number of rotatable bonds is 4. The monoisotopic (exact) mass is 332 g/mol. The van der Waals surface area contributed by atoms with E-state index in [1.807, 2.05) is 0 Å². The molecular formula is C12H10Cl2N2O3S. The summed E-state index contributed by atoms with van der Waals surface area (Å²) in [4.78, 5) is 3.60. The molecule has 0 radical (unpaired) electrons. The normalized spacial score (nSPS) is 11.3. The van der Waals surface area contributed by atoms with Gasteiger partial charge in [-0.05, 0) is 29.8 Å². The van der Waals surface area contributed by atoms with Gasteiger partial charge in [0.1, 0.15) is 4.90 Å². The number of halogens is 2. The van der Waals surface area contributed by atoms with Gasteiger partial charge in [0.05, 0.1) is 17.3 Å². The van der Waals surface area contributed by atoms with Gasteiger partial charge in [-0.1, -0.05) is 23.2 Å². The summed E-state index contributed by atoms with van der Waals surface area (Å²) in [6.45, 7) is -0.406. The van der Waals surface area contributed by atoms with Crippen LogP contribution in [0.25, 0.3) is 0 Å². The fourth-order valence-corrected chi connectivity index (χ4v) is 3.54. The van der Waals surface area contributed by atoms with Crippen molar-refractivity contribution in [1.29, 1.82) is 0 Å². The van der Waals surface area contributed by atoms with Gasteiger partial charge < -0.3 is 5.11 Å². The van der Waals surface area contributed by atoms with Gasteiger partial charge in [0.25, 0.3) is 10.0 Å². The number of nitrogens with one attached hydrogen (secondary N) is 1. The number of pyridine rings is 1. The molecule has 0 saturated heterocycles. The topological polar surface area (TPSA) is 79.3 Å². The number of nitrogens with zero attached hydrogens (tertiary/aromatic N) is 1. The first-order valence-corrected chi connectivity index (χ1v) is 7.69. The SMILES string of the molecule is O=S(=O)(Nc1ccncc1)c1cc(Cl)cc(CO)c1Cl. The van der Waals surface area contributed by atoms with Crippen LogP contribution in [-0.2, 0) is 16.6 Å². The minimum absolute atomic E-state index is 0.0570.